The topological polar surface area (TPSA) is 56.7 Å². The monoisotopic (exact) mass is 227 g/mol. The first-order chi connectivity index (χ1) is 7.16. The van der Waals surface area contributed by atoms with Crippen molar-refractivity contribution in [2.24, 2.45) is 0 Å². The molecule has 2 rings (SSSR count). The van der Waals surface area contributed by atoms with Crippen LogP contribution >= 0.6 is 11.3 Å². The molecule has 1 aromatic rings. The molecule has 82 valence electrons. The molecule has 0 saturated carbocycles. The van der Waals surface area contributed by atoms with E-state index < -0.39 is 6.09 Å². The number of aryl methyl sites for hydroxylation is 1. The van der Waals surface area contributed by atoms with Gasteiger partial charge < -0.3 is 14.9 Å². The number of hydrogen-bond acceptors (Lipinski definition) is 4. The van der Waals surface area contributed by atoms with Crippen LogP contribution in [0, 0.1) is 6.92 Å². The van der Waals surface area contributed by atoms with E-state index in [9.17, 15) is 4.79 Å². The predicted octanol–water partition coefficient (Wildman–Crippen LogP) is 1.25. The smallest absolute Gasteiger partial charge is 0.407 e. The number of aromatic nitrogens is 1. The molecule has 0 bridgehead atoms. The second kappa shape index (κ2) is 4.06. The summed E-state index contributed by atoms with van der Waals surface area (Å²) in [5.74, 6) is 0. The van der Waals surface area contributed by atoms with Gasteiger partial charge in [0.1, 0.15) is 0 Å². The van der Waals surface area contributed by atoms with E-state index in [0.717, 1.165) is 23.9 Å². The van der Waals surface area contributed by atoms with E-state index in [2.05, 4.69) is 9.88 Å². The van der Waals surface area contributed by atoms with E-state index in [1.54, 1.807) is 11.3 Å². The van der Waals surface area contributed by atoms with Crippen LogP contribution in [-0.2, 0) is 0 Å². The van der Waals surface area contributed by atoms with Crippen molar-refractivity contribution in [1.82, 2.24) is 9.88 Å². The van der Waals surface area contributed by atoms with Gasteiger partial charge in [-0.1, -0.05) is 0 Å². The van der Waals surface area contributed by atoms with Crippen LogP contribution in [0.1, 0.15) is 5.69 Å². The zero-order valence-corrected chi connectivity index (χ0v) is 9.33. The Balaban J connectivity index is 1.96. The maximum absolute atomic E-state index is 10.7. The number of thiazole rings is 1. The summed E-state index contributed by atoms with van der Waals surface area (Å²) in [6.07, 6.45) is -0.829. The van der Waals surface area contributed by atoms with Gasteiger partial charge >= 0.3 is 6.09 Å². The van der Waals surface area contributed by atoms with Crippen molar-refractivity contribution in [3.8, 4) is 0 Å². The average molecular weight is 227 g/mol. The number of hydrogen-bond donors (Lipinski definition) is 1. The van der Waals surface area contributed by atoms with E-state index in [1.165, 1.54) is 4.90 Å². The van der Waals surface area contributed by atoms with Crippen molar-refractivity contribution in [3.63, 3.8) is 0 Å². The molecule has 1 N–H and O–H groups in total. The lowest BCUT2D eigenvalue weighted by atomic mass is 10.3. The van der Waals surface area contributed by atoms with E-state index >= 15 is 0 Å². The highest BCUT2D eigenvalue weighted by atomic mass is 32.1. The maximum Gasteiger partial charge on any atom is 0.407 e. The second-order valence-electron chi connectivity index (χ2n) is 3.53. The van der Waals surface area contributed by atoms with Crippen LogP contribution in [0.5, 0.6) is 0 Å². The van der Waals surface area contributed by atoms with Gasteiger partial charge in [0.15, 0.2) is 5.13 Å². The van der Waals surface area contributed by atoms with Crippen LogP contribution < -0.4 is 4.90 Å². The van der Waals surface area contributed by atoms with Gasteiger partial charge in [0.25, 0.3) is 0 Å². The summed E-state index contributed by atoms with van der Waals surface area (Å²) in [5, 5.41) is 11.8. The predicted molar refractivity (Wildman–Crippen MR) is 58.7 cm³/mol. The van der Waals surface area contributed by atoms with Gasteiger partial charge in [-0.2, -0.15) is 0 Å². The Kier molecular flexibility index (Phi) is 2.77. The summed E-state index contributed by atoms with van der Waals surface area (Å²) in [7, 11) is 0. The van der Waals surface area contributed by atoms with Gasteiger partial charge in [0, 0.05) is 31.6 Å². The van der Waals surface area contributed by atoms with Gasteiger partial charge in [0.05, 0.1) is 5.69 Å². The molecule has 0 aromatic carbocycles. The number of anilines is 1. The van der Waals surface area contributed by atoms with Gasteiger partial charge in [0.2, 0.25) is 0 Å². The minimum atomic E-state index is -0.829. The van der Waals surface area contributed by atoms with Crippen LogP contribution in [0.2, 0.25) is 0 Å². The lowest BCUT2D eigenvalue weighted by Crippen LogP contribution is -2.48. The zero-order chi connectivity index (χ0) is 10.8. The molecule has 1 aromatic heterocycles. The lowest BCUT2D eigenvalue weighted by molar-refractivity contribution is 0.142. The molecule has 1 aliphatic heterocycles. The van der Waals surface area contributed by atoms with E-state index in [-0.39, 0.29) is 0 Å². The Morgan fingerprint density at radius 2 is 2.13 bits per heavy atom. The highest BCUT2D eigenvalue weighted by Gasteiger charge is 2.21. The molecule has 1 amide bonds. The normalized spacial score (nSPS) is 16.9. The van der Waals surface area contributed by atoms with Crippen LogP contribution in [0.4, 0.5) is 9.93 Å². The van der Waals surface area contributed by atoms with Crippen molar-refractivity contribution in [2.75, 3.05) is 31.1 Å². The number of carboxylic acid groups (broad SMARTS) is 1. The summed E-state index contributed by atoms with van der Waals surface area (Å²) in [4.78, 5) is 18.7. The molecule has 0 atom stereocenters. The first kappa shape index (κ1) is 10.2. The van der Waals surface area contributed by atoms with Crippen molar-refractivity contribution < 1.29 is 9.90 Å². The van der Waals surface area contributed by atoms with Crippen molar-refractivity contribution in [3.05, 3.63) is 11.1 Å². The average Bonchev–Trinajstić information content (AvgIpc) is 2.65. The molecule has 15 heavy (non-hydrogen) atoms. The number of amides is 1. The third-order valence-corrected chi connectivity index (χ3v) is 3.45. The Morgan fingerprint density at radius 1 is 1.47 bits per heavy atom. The molecule has 5 nitrogen and oxygen atoms in total. The molecule has 1 fully saturated rings. The zero-order valence-electron chi connectivity index (χ0n) is 8.51. The van der Waals surface area contributed by atoms with E-state index in [0.29, 0.717) is 13.1 Å². The number of nitrogens with zero attached hydrogens (tertiary/aromatic N) is 3. The molecule has 1 saturated heterocycles. The van der Waals surface area contributed by atoms with Crippen molar-refractivity contribution in [2.45, 2.75) is 6.92 Å². The first-order valence-electron chi connectivity index (χ1n) is 4.82. The summed E-state index contributed by atoms with van der Waals surface area (Å²) >= 11 is 1.61. The largest absolute Gasteiger partial charge is 0.465 e. The Bertz CT molecular complexity index is 358. The molecular weight excluding hydrogens is 214 g/mol. The van der Waals surface area contributed by atoms with Gasteiger partial charge in [-0.3, -0.25) is 0 Å². The van der Waals surface area contributed by atoms with Crippen LogP contribution in [-0.4, -0.2) is 47.3 Å². The quantitative estimate of drug-likeness (QED) is 0.784. The minimum Gasteiger partial charge on any atom is -0.465 e. The first-order valence-corrected chi connectivity index (χ1v) is 5.70. The van der Waals surface area contributed by atoms with Crippen LogP contribution in [0.3, 0.4) is 0 Å². The molecule has 1 aliphatic rings. The molecule has 2 heterocycles. The Morgan fingerprint density at radius 3 is 2.60 bits per heavy atom. The SMILES string of the molecule is Cc1csc(N2CCN(C(=O)O)CC2)n1. The molecule has 0 aliphatic carbocycles. The number of rotatable bonds is 1. The number of piperazine rings is 1. The van der Waals surface area contributed by atoms with E-state index in [4.69, 9.17) is 5.11 Å². The lowest BCUT2D eigenvalue weighted by Gasteiger charge is -2.32. The molecule has 0 spiro atoms. The molecule has 6 heteroatoms. The van der Waals surface area contributed by atoms with Crippen LogP contribution in [0.25, 0.3) is 0 Å². The highest BCUT2D eigenvalue weighted by molar-refractivity contribution is 7.13. The summed E-state index contributed by atoms with van der Waals surface area (Å²) in [6, 6.07) is 0. The Hall–Kier alpha value is -1.30. The standard InChI is InChI=1S/C9H13N3O2S/c1-7-6-15-8(10-7)11-2-4-12(5-3-11)9(13)14/h6H,2-5H2,1H3,(H,13,14). The fourth-order valence-electron chi connectivity index (χ4n) is 1.58. The highest BCUT2D eigenvalue weighted by Crippen LogP contribution is 2.21. The summed E-state index contributed by atoms with van der Waals surface area (Å²) in [5.41, 5.74) is 1.02. The van der Waals surface area contributed by atoms with Gasteiger partial charge in [-0.05, 0) is 6.92 Å². The number of carbonyl (C=O) groups is 1. The maximum atomic E-state index is 10.7. The molecule has 0 unspecified atom stereocenters. The third-order valence-electron chi connectivity index (χ3n) is 2.43. The summed E-state index contributed by atoms with van der Waals surface area (Å²) in [6.45, 7) is 4.56. The molecular formula is C9H13N3O2S. The fourth-order valence-corrected chi connectivity index (χ4v) is 2.43. The van der Waals surface area contributed by atoms with Crippen molar-refractivity contribution in [1.29, 1.82) is 0 Å². The van der Waals surface area contributed by atoms with E-state index in [1.807, 2.05) is 12.3 Å². The fraction of sp³-hybridized carbons (Fsp3) is 0.556. The summed E-state index contributed by atoms with van der Waals surface area (Å²) < 4.78 is 0. The molecule has 0 radical (unpaired) electrons. The Labute approximate surface area is 92.0 Å². The second-order valence-corrected chi connectivity index (χ2v) is 4.36. The van der Waals surface area contributed by atoms with Gasteiger partial charge in [-0.15, -0.1) is 11.3 Å². The van der Waals surface area contributed by atoms with Gasteiger partial charge in [-0.25, -0.2) is 9.78 Å². The minimum absolute atomic E-state index is 0.563. The third kappa shape index (κ3) is 2.20. The van der Waals surface area contributed by atoms with Crippen LogP contribution in [0.15, 0.2) is 5.38 Å². The van der Waals surface area contributed by atoms with Crippen molar-refractivity contribution >= 4 is 22.6 Å².